The molecule has 1 aliphatic carbocycles. The van der Waals surface area contributed by atoms with Crippen LogP contribution in [-0.4, -0.2) is 17.5 Å². The highest BCUT2D eigenvalue weighted by molar-refractivity contribution is 5.91. The average molecular weight is 384 g/mol. The summed E-state index contributed by atoms with van der Waals surface area (Å²) in [7, 11) is 0. The fourth-order valence-electron chi connectivity index (χ4n) is 4.02. The summed E-state index contributed by atoms with van der Waals surface area (Å²) in [6.45, 7) is -0.888. The van der Waals surface area contributed by atoms with Crippen LogP contribution in [0.2, 0.25) is 0 Å². The second-order valence-electron chi connectivity index (χ2n) is 7.19. The number of H-pyrrole nitrogens is 1. The van der Waals surface area contributed by atoms with Crippen LogP contribution in [0, 0.1) is 0 Å². The van der Waals surface area contributed by atoms with Crippen LogP contribution in [-0.2, 0) is 11.2 Å². The first-order valence-electron chi connectivity index (χ1n) is 9.47. The molecule has 1 aliphatic rings. The lowest BCUT2D eigenvalue weighted by Crippen LogP contribution is -2.33. The minimum atomic E-state index is -2.86. The molecule has 0 aliphatic heterocycles. The van der Waals surface area contributed by atoms with E-state index < -0.39 is 6.61 Å². The Balaban J connectivity index is 1.60. The molecule has 3 aromatic rings. The number of rotatable bonds is 5. The zero-order chi connectivity index (χ0) is 19.7. The second kappa shape index (κ2) is 7.62. The normalized spacial score (nSPS) is 17.4. The lowest BCUT2D eigenvalue weighted by molar-refractivity contribution is -0.123. The largest absolute Gasteiger partial charge is 0.435 e. The van der Waals surface area contributed by atoms with E-state index in [4.69, 9.17) is 0 Å². The van der Waals surface area contributed by atoms with Crippen molar-refractivity contribution >= 4 is 16.8 Å². The SMILES string of the molecule is C[C@H](NC(=O)C1CCCc2c1[nH]c1ccc(OC(F)F)cc21)c1ccccc1. The van der Waals surface area contributed by atoms with Crippen LogP contribution in [0.4, 0.5) is 8.78 Å². The van der Waals surface area contributed by atoms with Crippen molar-refractivity contribution in [2.75, 3.05) is 0 Å². The molecule has 28 heavy (non-hydrogen) atoms. The molecule has 1 unspecified atom stereocenters. The van der Waals surface area contributed by atoms with E-state index in [1.807, 2.05) is 37.3 Å². The molecule has 0 fully saturated rings. The Morgan fingerprint density at radius 2 is 2.00 bits per heavy atom. The number of fused-ring (bicyclic) bond motifs is 3. The number of benzene rings is 2. The molecule has 6 heteroatoms. The minimum absolute atomic E-state index is 0.0205. The summed E-state index contributed by atoms with van der Waals surface area (Å²) in [4.78, 5) is 16.3. The quantitative estimate of drug-likeness (QED) is 0.646. The summed E-state index contributed by atoms with van der Waals surface area (Å²) < 4.78 is 29.6. The van der Waals surface area contributed by atoms with Gasteiger partial charge in [0.15, 0.2) is 0 Å². The summed E-state index contributed by atoms with van der Waals surface area (Å²) in [6.07, 6.45) is 2.44. The number of aryl methyl sites for hydroxylation is 1. The highest BCUT2D eigenvalue weighted by Crippen LogP contribution is 2.38. The highest BCUT2D eigenvalue weighted by Gasteiger charge is 2.30. The van der Waals surface area contributed by atoms with Crippen LogP contribution in [0.15, 0.2) is 48.5 Å². The van der Waals surface area contributed by atoms with Gasteiger partial charge in [0.25, 0.3) is 0 Å². The summed E-state index contributed by atoms with van der Waals surface area (Å²) >= 11 is 0. The number of nitrogens with one attached hydrogen (secondary N) is 2. The van der Waals surface area contributed by atoms with Crippen molar-refractivity contribution in [3.8, 4) is 5.75 Å². The third kappa shape index (κ3) is 3.59. The molecule has 2 atom stereocenters. The monoisotopic (exact) mass is 384 g/mol. The minimum Gasteiger partial charge on any atom is -0.435 e. The molecular weight excluding hydrogens is 362 g/mol. The number of alkyl halides is 2. The smallest absolute Gasteiger partial charge is 0.387 e. The number of aromatic nitrogens is 1. The Morgan fingerprint density at radius 3 is 2.75 bits per heavy atom. The molecule has 0 saturated carbocycles. The van der Waals surface area contributed by atoms with Gasteiger partial charge in [-0.05, 0) is 55.5 Å². The predicted octanol–water partition coefficient (Wildman–Crippen LogP) is 5.07. The molecule has 0 spiro atoms. The number of hydrogen-bond acceptors (Lipinski definition) is 2. The maximum Gasteiger partial charge on any atom is 0.387 e. The van der Waals surface area contributed by atoms with E-state index in [9.17, 15) is 13.6 Å². The maximum atomic E-state index is 13.0. The van der Waals surface area contributed by atoms with Gasteiger partial charge in [0.2, 0.25) is 5.91 Å². The Morgan fingerprint density at radius 1 is 1.21 bits per heavy atom. The molecule has 4 rings (SSSR count). The molecule has 4 nitrogen and oxygen atoms in total. The van der Waals surface area contributed by atoms with E-state index in [1.54, 1.807) is 12.1 Å². The van der Waals surface area contributed by atoms with Crippen molar-refractivity contribution in [2.24, 2.45) is 0 Å². The van der Waals surface area contributed by atoms with Gasteiger partial charge >= 0.3 is 6.61 Å². The zero-order valence-electron chi connectivity index (χ0n) is 15.5. The van der Waals surface area contributed by atoms with Crippen LogP contribution in [0.1, 0.15) is 48.5 Å². The standard InChI is InChI=1S/C22H22F2N2O2/c1-13(14-6-3-2-4-7-14)25-21(27)17-9-5-8-16-18-12-15(28-22(23)24)10-11-19(18)26-20(16)17/h2-4,6-7,10-13,17,22,26H,5,8-9H2,1H3,(H,25,27)/t13-,17?/m0/s1. The van der Waals surface area contributed by atoms with E-state index in [0.29, 0.717) is 0 Å². The van der Waals surface area contributed by atoms with Crippen molar-refractivity contribution in [1.29, 1.82) is 0 Å². The summed E-state index contributed by atoms with van der Waals surface area (Å²) in [5, 5.41) is 3.95. The Labute approximate surface area is 161 Å². The van der Waals surface area contributed by atoms with Gasteiger partial charge in [0.05, 0.1) is 12.0 Å². The molecule has 0 saturated heterocycles. The molecule has 2 N–H and O–H groups in total. The third-order valence-corrected chi connectivity index (χ3v) is 5.38. The number of carbonyl (C=O) groups excluding carboxylic acids is 1. The van der Waals surface area contributed by atoms with Crippen molar-refractivity contribution in [3.05, 3.63) is 65.4 Å². The first kappa shape index (κ1) is 18.5. The number of ether oxygens (including phenoxy) is 1. The van der Waals surface area contributed by atoms with Gasteiger partial charge in [-0.1, -0.05) is 30.3 Å². The molecule has 1 heterocycles. The average Bonchev–Trinajstić information content (AvgIpc) is 3.06. The van der Waals surface area contributed by atoms with Gasteiger partial charge in [0.1, 0.15) is 5.75 Å². The Hall–Kier alpha value is -2.89. The van der Waals surface area contributed by atoms with E-state index in [1.165, 1.54) is 6.07 Å². The van der Waals surface area contributed by atoms with Gasteiger partial charge < -0.3 is 15.0 Å². The topological polar surface area (TPSA) is 54.1 Å². The van der Waals surface area contributed by atoms with Gasteiger partial charge in [-0.2, -0.15) is 8.78 Å². The van der Waals surface area contributed by atoms with Gasteiger partial charge in [0, 0.05) is 16.6 Å². The first-order valence-corrected chi connectivity index (χ1v) is 9.47. The molecule has 1 amide bonds. The molecular formula is C22H22F2N2O2. The number of carbonyl (C=O) groups is 1. The van der Waals surface area contributed by atoms with Crippen LogP contribution in [0.25, 0.3) is 10.9 Å². The summed E-state index contributed by atoms with van der Waals surface area (Å²) in [5.74, 6) is -0.164. The van der Waals surface area contributed by atoms with Crippen LogP contribution < -0.4 is 10.1 Å². The van der Waals surface area contributed by atoms with Crippen molar-refractivity contribution < 1.29 is 18.3 Å². The van der Waals surface area contributed by atoms with Crippen molar-refractivity contribution in [2.45, 2.75) is 44.8 Å². The van der Waals surface area contributed by atoms with E-state index in [2.05, 4.69) is 15.0 Å². The maximum absolute atomic E-state index is 13.0. The fraction of sp³-hybridized carbons (Fsp3) is 0.318. The van der Waals surface area contributed by atoms with Crippen molar-refractivity contribution in [3.63, 3.8) is 0 Å². The number of hydrogen-bond donors (Lipinski definition) is 2. The van der Waals surface area contributed by atoms with Crippen molar-refractivity contribution in [1.82, 2.24) is 10.3 Å². The summed E-state index contributed by atoms with van der Waals surface area (Å²) in [5.41, 5.74) is 3.79. The van der Waals surface area contributed by atoms with Gasteiger partial charge in [-0.15, -0.1) is 0 Å². The fourth-order valence-corrected chi connectivity index (χ4v) is 4.02. The van der Waals surface area contributed by atoms with Crippen LogP contribution >= 0.6 is 0 Å². The van der Waals surface area contributed by atoms with E-state index in [0.717, 1.165) is 47.0 Å². The third-order valence-electron chi connectivity index (χ3n) is 5.38. The van der Waals surface area contributed by atoms with Gasteiger partial charge in [-0.3, -0.25) is 4.79 Å². The van der Waals surface area contributed by atoms with Crippen LogP contribution in [0.5, 0.6) is 5.75 Å². The highest BCUT2D eigenvalue weighted by atomic mass is 19.3. The lowest BCUT2D eigenvalue weighted by Gasteiger charge is -2.24. The van der Waals surface area contributed by atoms with E-state index in [-0.39, 0.29) is 23.6 Å². The molecule has 0 bridgehead atoms. The Kier molecular flexibility index (Phi) is 5.03. The zero-order valence-corrected chi connectivity index (χ0v) is 15.5. The van der Waals surface area contributed by atoms with E-state index >= 15 is 0 Å². The number of amides is 1. The van der Waals surface area contributed by atoms with Crippen LogP contribution in [0.3, 0.4) is 0 Å². The molecule has 0 radical (unpaired) electrons. The first-order chi connectivity index (χ1) is 13.5. The second-order valence-corrected chi connectivity index (χ2v) is 7.19. The Bertz CT molecular complexity index is 985. The molecule has 146 valence electrons. The lowest BCUT2D eigenvalue weighted by atomic mass is 9.86. The summed E-state index contributed by atoms with van der Waals surface area (Å²) in [6, 6.07) is 14.6. The molecule has 2 aromatic carbocycles. The molecule has 1 aromatic heterocycles. The predicted molar refractivity (Wildman–Crippen MR) is 104 cm³/mol. The van der Waals surface area contributed by atoms with Gasteiger partial charge in [-0.25, -0.2) is 0 Å². The number of halogens is 2. The number of aromatic amines is 1.